The van der Waals surface area contributed by atoms with Gasteiger partial charge >= 0.3 is 5.97 Å². The lowest BCUT2D eigenvalue weighted by molar-refractivity contribution is -0.139. The molecule has 4 N–H and O–H groups in total. The van der Waals surface area contributed by atoms with E-state index < -0.39 is 27.9 Å². The van der Waals surface area contributed by atoms with Crippen molar-refractivity contribution in [3.63, 3.8) is 0 Å². The van der Waals surface area contributed by atoms with Crippen LogP contribution in [0.25, 0.3) is 0 Å². The molecule has 0 aromatic heterocycles. The van der Waals surface area contributed by atoms with Crippen molar-refractivity contribution in [3.8, 4) is 0 Å². The van der Waals surface area contributed by atoms with Gasteiger partial charge in [-0.25, -0.2) is 18.4 Å². The van der Waals surface area contributed by atoms with Gasteiger partial charge in [0.1, 0.15) is 6.04 Å². The van der Waals surface area contributed by atoms with E-state index in [0.717, 1.165) is 0 Å². The van der Waals surface area contributed by atoms with Crippen molar-refractivity contribution in [1.82, 2.24) is 5.32 Å². The number of rotatable bonds is 6. The van der Waals surface area contributed by atoms with E-state index in [1.807, 2.05) is 6.92 Å². The first kappa shape index (κ1) is 16.1. The second kappa shape index (κ2) is 6.49. The van der Waals surface area contributed by atoms with Crippen molar-refractivity contribution in [3.05, 3.63) is 29.8 Å². The summed E-state index contributed by atoms with van der Waals surface area (Å²) in [7, 11) is -3.82. The van der Waals surface area contributed by atoms with Crippen molar-refractivity contribution in [1.29, 1.82) is 0 Å². The number of carboxylic acid groups (broad SMARTS) is 1. The molecule has 1 unspecified atom stereocenters. The van der Waals surface area contributed by atoms with Crippen LogP contribution in [0.3, 0.4) is 0 Å². The molecule has 1 amide bonds. The Hall–Kier alpha value is -1.93. The van der Waals surface area contributed by atoms with Gasteiger partial charge in [0.25, 0.3) is 5.91 Å². The summed E-state index contributed by atoms with van der Waals surface area (Å²) in [5.41, 5.74) is 0.166. The molecule has 110 valence electrons. The number of nitrogens with one attached hydrogen (secondary N) is 1. The van der Waals surface area contributed by atoms with Crippen LogP contribution in [0.4, 0.5) is 0 Å². The molecule has 1 atom stereocenters. The summed E-state index contributed by atoms with van der Waals surface area (Å²) in [4.78, 5) is 22.7. The molecule has 20 heavy (non-hydrogen) atoms. The zero-order valence-corrected chi connectivity index (χ0v) is 11.7. The van der Waals surface area contributed by atoms with E-state index in [1.54, 1.807) is 0 Å². The van der Waals surface area contributed by atoms with E-state index in [-0.39, 0.29) is 10.5 Å². The van der Waals surface area contributed by atoms with E-state index in [9.17, 15) is 18.0 Å². The molecule has 0 saturated carbocycles. The molecule has 0 aliphatic heterocycles. The highest BCUT2D eigenvalue weighted by Gasteiger charge is 2.19. The fourth-order valence-electron chi connectivity index (χ4n) is 1.58. The third-order valence-corrected chi connectivity index (χ3v) is 3.56. The number of sulfonamides is 1. The van der Waals surface area contributed by atoms with Gasteiger partial charge in [0.15, 0.2) is 0 Å². The second-order valence-corrected chi connectivity index (χ2v) is 5.78. The second-order valence-electron chi connectivity index (χ2n) is 4.22. The van der Waals surface area contributed by atoms with E-state index >= 15 is 0 Å². The highest BCUT2D eigenvalue weighted by Crippen LogP contribution is 2.09. The van der Waals surface area contributed by atoms with Crippen molar-refractivity contribution >= 4 is 21.9 Å². The molecule has 0 aliphatic rings. The van der Waals surface area contributed by atoms with Crippen molar-refractivity contribution in [2.24, 2.45) is 5.14 Å². The smallest absolute Gasteiger partial charge is 0.326 e. The van der Waals surface area contributed by atoms with Crippen LogP contribution in [0.15, 0.2) is 29.2 Å². The van der Waals surface area contributed by atoms with E-state index in [2.05, 4.69) is 5.32 Å². The summed E-state index contributed by atoms with van der Waals surface area (Å²) in [5, 5.41) is 16.2. The predicted octanol–water partition coefficient (Wildman–Crippen LogP) is 0.317. The van der Waals surface area contributed by atoms with Crippen LogP contribution in [0.5, 0.6) is 0 Å². The lowest BCUT2D eigenvalue weighted by atomic mass is 10.1. The Morgan fingerprint density at radius 3 is 2.25 bits per heavy atom. The van der Waals surface area contributed by atoms with E-state index in [0.29, 0.717) is 12.8 Å². The molecule has 1 aromatic carbocycles. The Balaban J connectivity index is 2.85. The molecular weight excluding hydrogens is 284 g/mol. The minimum Gasteiger partial charge on any atom is -0.480 e. The monoisotopic (exact) mass is 300 g/mol. The fraction of sp³-hybridized carbons (Fsp3) is 0.333. The lowest BCUT2D eigenvalue weighted by Gasteiger charge is -2.13. The molecule has 8 heteroatoms. The SMILES string of the molecule is CCCC(NC(=O)c1ccc(S(N)(=O)=O)cc1)C(=O)O. The number of amides is 1. The first-order chi connectivity index (χ1) is 9.25. The molecule has 0 fully saturated rings. The van der Waals surface area contributed by atoms with Gasteiger partial charge in [0.05, 0.1) is 4.90 Å². The molecule has 0 spiro atoms. The van der Waals surface area contributed by atoms with Gasteiger partial charge in [-0.05, 0) is 30.7 Å². The molecule has 0 bridgehead atoms. The Labute approximate surface area is 116 Å². The summed E-state index contributed by atoms with van der Waals surface area (Å²) in [6.45, 7) is 1.81. The molecule has 1 aromatic rings. The Morgan fingerprint density at radius 1 is 1.30 bits per heavy atom. The number of carbonyl (C=O) groups excluding carboxylic acids is 1. The number of hydrogen-bond donors (Lipinski definition) is 3. The number of carboxylic acids is 1. The van der Waals surface area contributed by atoms with Gasteiger partial charge in [-0.3, -0.25) is 4.79 Å². The number of nitrogens with two attached hydrogens (primary N) is 1. The Bertz CT molecular complexity index is 595. The number of aliphatic carboxylic acids is 1. The summed E-state index contributed by atoms with van der Waals surface area (Å²) in [5.74, 6) is -1.69. The average Bonchev–Trinajstić information content (AvgIpc) is 2.37. The van der Waals surface area contributed by atoms with Gasteiger partial charge < -0.3 is 10.4 Å². The van der Waals surface area contributed by atoms with Crippen LogP contribution in [0, 0.1) is 0 Å². The maximum atomic E-state index is 11.8. The molecule has 1 rings (SSSR count). The largest absolute Gasteiger partial charge is 0.480 e. The van der Waals surface area contributed by atoms with Crippen LogP contribution in [-0.4, -0.2) is 31.4 Å². The summed E-state index contributed by atoms with van der Waals surface area (Å²) < 4.78 is 22.1. The normalized spacial score (nSPS) is 12.7. The van der Waals surface area contributed by atoms with Crippen molar-refractivity contribution < 1.29 is 23.1 Å². The van der Waals surface area contributed by atoms with E-state index in [1.165, 1.54) is 24.3 Å². The third-order valence-electron chi connectivity index (χ3n) is 2.63. The summed E-state index contributed by atoms with van der Waals surface area (Å²) in [6, 6.07) is 3.98. The fourth-order valence-corrected chi connectivity index (χ4v) is 2.10. The van der Waals surface area contributed by atoms with E-state index in [4.69, 9.17) is 10.2 Å². The van der Waals surface area contributed by atoms with Crippen LogP contribution in [0.2, 0.25) is 0 Å². The van der Waals surface area contributed by atoms with Crippen molar-refractivity contribution in [2.75, 3.05) is 0 Å². The third kappa shape index (κ3) is 4.32. The Morgan fingerprint density at radius 2 is 1.85 bits per heavy atom. The van der Waals surface area contributed by atoms with Gasteiger partial charge in [0.2, 0.25) is 10.0 Å². The molecular formula is C12H16N2O5S. The topological polar surface area (TPSA) is 127 Å². The molecule has 0 saturated heterocycles. The minimum absolute atomic E-state index is 0.114. The first-order valence-electron chi connectivity index (χ1n) is 5.92. The molecule has 0 radical (unpaired) electrons. The number of hydrogen-bond acceptors (Lipinski definition) is 4. The van der Waals surface area contributed by atoms with Crippen LogP contribution < -0.4 is 10.5 Å². The van der Waals surface area contributed by atoms with Crippen LogP contribution in [0.1, 0.15) is 30.1 Å². The number of benzene rings is 1. The van der Waals surface area contributed by atoms with Gasteiger partial charge in [0, 0.05) is 5.56 Å². The molecule has 7 nitrogen and oxygen atoms in total. The minimum atomic E-state index is -3.82. The number of primary sulfonamides is 1. The predicted molar refractivity (Wildman–Crippen MR) is 71.6 cm³/mol. The summed E-state index contributed by atoms with van der Waals surface area (Å²) >= 11 is 0. The van der Waals surface area contributed by atoms with Gasteiger partial charge in [-0.15, -0.1) is 0 Å². The maximum Gasteiger partial charge on any atom is 0.326 e. The lowest BCUT2D eigenvalue weighted by Crippen LogP contribution is -2.40. The summed E-state index contributed by atoms with van der Waals surface area (Å²) in [6.07, 6.45) is 0.929. The van der Waals surface area contributed by atoms with Crippen LogP contribution in [-0.2, 0) is 14.8 Å². The standard InChI is InChI=1S/C12H16N2O5S/c1-2-3-10(12(16)17)14-11(15)8-4-6-9(7-5-8)20(13,18)19/h4-7,10H,2-3H2,1H3,(H,14,15)(H,16,17)(H2,13,18,19). The van der Waals surface area contributed by atoms with Crippen LogP contribution >= 0.6 is 0 Å². The zero-order chi connectivity index (χ0) is 15.3. The quantitative estimate of drug-likeness (QED) is 0.697. The Kier molecular flexibility index (Phi) is 5.23. The first-order valence-corrected chi connectivity index (χ1v) is 7.47. The van der Waals surface area contributed by atoms with Gasteiger partial charge in [-0.2, -0.15) is 0 Å². The molecule has 0 heterocycles. The highest BCUT2D eigenvalue weighted by molar-refractivity contribution is 7.89. The van der Waals surface area contributed by atoms with Gasteiger partial charge in [-0.1, -0.05) is 13.3 Å². The average molecular weight is 300 g/mol. The maximum absolute atomic E-state index is 11.8. The number of carbonyl (C=O) groups is 2. The molecule has 0 aliphatic carbocycles. The highest BCUT2D eigenvalue weighted by atomic mass is 32.2. The zero-order valence-electron chi connectivity index (χ0n) is 10.9. The van der Waals surface area contributed by atoms with Crippen molar-refractivity contribution in [2.45, 2.75) is 30.7 Å².